The molecule has 0 aromatic heterocycles. The van der Waals surface area contributed by atoms with E-state index in [1.807, 2.05) is 13.8 Å². The molecule has 1 N–H and O–H groups in total. The van der Waals surface area contributed by atoms with Gasteiger partial charge >= 0.3 is 0 Å². The van der Waals surface area contributed by atoms with Crippen molar-refractivity contribution in [3.05, 3.63) is 0 Å². The molecule has 1 aliphatic carbocycles. The van der Waals surface area contributed by atoms with Crippen LogP contribution in [-0.2, 0) is 9.59 Å². The highest BCUT2D eigenvalue weighted by Gasteiger charge is 2.50. The van der Waals surface area contributed by atoms with Crippen LogP contribution in [0.2, 0.25) is 0 Å². The second kappa shape index (κ2) is 4.07. The third-order valence-corrected chi connectivity index (χ3v) is 3.80. The summed E-state index contributed by atoms with van der Waals surface area (Å²) >= 11 is 0. The number of nitrogens with zero attached hydrogens (tertiary/aromatic N) is 1. The first-order valence-corrected chi connectivity index (χ1v) is 6.24. The molecule has 0 bridgehead atoms. The van der Waals surface area contributed by atoms with Crippen molar-refractivity contribution in [1.29, 1.82) is 0 Å². The highest BCUT2D eigenvalue weighted by Crippen LogP contribution is 2.34. The van der Waals surface area contributed by atoms with Gasteiger partial charge < -0.3 is 10.2 Å². The third-order valence-electron chi connectivity index (χ3n) is 3.80. The van der Waals surface area contributed by atoms with Crippen molar-refractivity contribution in [3.8, 4) is 0 Å². The predicted octanol–water partition coefficient (Wildman–Crippen LogP) is 1.06. The van der Waals surface area contributed by atoms with Crippen LogP contribution in [-0.4, -0.2) is 34.8 Å². The van der Waals surface area contributed by atoms with E-state index < -0.39 is 5.54 Å². The molecule has 16 heavy (non-hydrogen) atoms. The van der Waals surface area contributed by atoms with Crippen LogP contribution in [0.1, 0.15) is 46.0 Å². The Balaban J connectivity index is 2.24. The summed E-state index contributed by atoms with van der Waals surface area (Å²) < 4.78 is 0. The molecule has 1 heterocycles. The summed E-state index contributed by atoms with van der Waals surface area (Å²) in [7, 11) is 0. The SMILES string of the molecule is CCCN1C(=O)C2(CCCC2)NC(=O)C1C. The lowest BCUT2D eigenvalue weighted by Gasteiger charge is -2.43. The van der Waals surface area contributed by atoms with Crippen molar-refractivity contribution in [2.24, 2.45) is 0 Å². The molecule has 1 atom stereocenters. The number of amides is 2. The Morgan fingerprint density at radius 2 is 2.00 bits per heavy atom. The zero-order valence-electron chi connectivity index (χ0n) is 10.1. The fourth-order valence-electron chi connectivity index (χ4n) is 2.84. The lowest BCUT2D eigenvalue weighted by Crippen LogP contribution is -2.68. The third kappa shape index (κ3) is 1.60. The zero-order valence-corrected chi connectivity index (χ0v) is 10.1. The monoisotopic (exact) mass is 224 g/mol. The van der Waals surface area contributed by atoms with Gasteiger partial charge in [-0.25, -0.2) is 0 Å². The molecular formula is C12H20N2O2. The Morgan fingerprint density at radius 3 is 2.56 bits per heavy atom. The van der Waals surface area contributed by atoms with Crippen molar-refractivity contribution in [2.75, 3.05) is 6.54 Å². The largest absolute Gasteiger partial charge is 0.340 e. The van der Waals surface area contributed by atoms with Gasteiger partial charge in [0, 0.05) is 6.54 Å². The van der Waals surface area contributed by atoms with Gasteiger partial charge in [0.15, 0.2) is 0 Å². The van der Waals surface area contributed by atoms with Crippen LogP contribution in [0.4, 0.5) is 0 Å². The maximum absolute atomic E-state index is 12.4. The molecule has 1 aliphatic heterocycles. The lowest BCUT2D eigenvalue weighted by molar-refractivity contribution is -0.154. The number of hydrogen-bond acceptors (Lipinski definition) is 2. The van der Waals surface area contributed by atoms with Crippen LogP contribution in [0.25, 0.3) is 0 Å². The average Bonchev–Trinajstić information content (AvgIpc) is 2.71. The minimum Gasteiger partial charge on any atom is -0.340 e. The topological polar surface area (TPSA) is 49.4 Å². The van der Waals surface area contributed by atoms with Crippen molar-refractivity contribution in [3.63, 3.8) is 0 Å². The van der Waals surface area contributed by atoms with Gasteiger partial charge in [0.2, 0.25) is 11.8 Å². The number of nitrogens with one attached hydrogen (secondary N) is 1. The van der Waals surface area contributed by atoms with E-state index in [4.69, 9.17) is 0 Å². The number of hydrogen-bond donors (Lipinski definition) is 1. The quantitative estimate of drug-likeness (QED) is 0.762. The Kier molecular flexibility index (Phi) is 2.91. The average molecular weight is 224 g/mol. The molecule has 1 spiro atoms. The first kappa shape index (κ1) is 11.4. The van der Waals surface area contributed by atoms with E-state index in [0.717, 1.165) is 32.1 Å². The van der Waals surface area contributed by atoms with E-state index in [-0.39, 0.29) is 17.9 Å². The Hall–Kier alpha value is -1.06. The fourth-order valence-corrected chi connectivity index (χ4v) is 2.84. The zero-order chi connectivity index (χ0) is 11.8. The Labute approximate surface area is 96.4 Å². The molecular weight excluding hydrogens is 204 g/mol. The van der Waals surface area contributed by atoms with E-state index in [1.54, 1.807) is 4.90 Å². The summed E-state index contributed by atoms with van der Waals surface area (Å²) in [5, 5.41) is 2.95. The highest BCUT2D eigenvalue weighted by molar-refractivity contribution is 5.99. The van der Waals surface area contributed by atoms with Gasteiger partial charge in [-0.2, -0.15) is 0 Å². The van der Waals surface area contributed by atoms with E-state index in [9.17, 15) is 9.59 Å². The second-order valence-electron chi connectivity index (χ2n) is 4.95. The summed E-state index contributed by atoms with van der Waals surface area (Å²) in [4.78, 5) is 26.0. The van der Waals surface area contributed by atoms with Crippen LogP contribution >= 0.6 is 0 Å². The molecule has 0 radical (unpaired) electrons. The summed E-state index contributed by atoms with van der Waals surface area (Å²) in [6, 6.07) is -0.307. The molecule has 4 nitrogen and oxygen atoms in total. The molecule has 1 saturated heterocycles. The van der Waals surface area contributed by atoms with Crippen molar-refractivity contribution >= 4 is 11.8 Å². The molecule has 4 heteroatoms. The van der Waals surface area contributed by atoms with Crippen molar-refractivity contribution < 1.29 is 9.59 Å². The predicted molar refractivity (Wildman–Crippen MR) is 60.8 cm³/mol. The molecule has 2 rings (SSSR count). The van der Waals surface area contributed by atoms with E-state index in [2.05, 4.69) is 5.32 Å². The van der Waals surface area contributed by atoms with Gasteiger partial charge in [0.1, 0.15) is 11.6 Å². The molecule has 90 valence electrons. The van der Waals surface area contributed by atoms with E-state index in [0.29, 0.717) is 6.54 Å². The van der Waals surface area contributed by atoms with Crippen LogP contribution < -0.4 is 5.32 Å². The number of piperazine rings is 1. The first-order chi connectivity index (χ1) is 7.60. The van der Waals surface area contributed by atoms with Gasteiger partial charge in [-0.15, -0.1) is 0 Å². The summed E-state index contributed by atoms with van der Waals surface area (Å²) in [6.45, 7) is 4.54. The molecule has 0 aromatic carbocycles. The van der Waals surface area contributed by atoms with Crippen LogP contribution in [0.3, 0.4) is 0 Å². The minimum atomic E-state index is -0.557. The Bertz CT molecular complexity index is 308. The Morgan fingerprint density at radius 1 is 1.38 bits per heavy atom. The summed E-state index contributed by atoms with van der Waals surface area (Å²) in [6.07, 6.45) is 4.61. The molecule has 1 unspecified atom stereocenters. The summed E-state index contributed by atoms with van der Waals surface area (Å²) in [5.74, 6) is 0.147. The molecule has 1 saturated carbocycles. The van der Waals surface area contributed by atoms with Gasteiger partial charge in [-0.05, 0) is 26.2 Å². The minimum absolute atomic E-state index is 0.00921. The first-order valence-electron chi connectivity index (χ1n) is 6.24. The van der Waals surface area contributed by atoms with Crippen LogP contribution in [0.15, 0.2) is 0 Å². The van der Waals surface area contributed by atoms with Gasteiger partial charge in [0.25, 0.3) is 0 Å². The maximum Gasteiger partial charge on any atom is 0.248 e. The normalized spacial score (nSPS) is 28.6. The number of carbonyl (C=O) groups is 2. The molecule has 2 aliphatic rings. The highest BCUT2D eigenvalue weighted by atomic mass is 16.2. The molecule has 2 fully saturated rings. The maximum atomic E-state index is 12.4. The van der Waals surface area contributed by atoms with Crippen molar-refractivity contribution in [2.45, 2.75) is 57.5 Å². The van der Waals surface area contributed by atoms with Gasteiger partial charge in [-0.3, -0.25) is 9.59 Å². The van der Waals surface area contributed by atoms with Crippen LogP contribution in [0, 0.1) is 0 Å². The standard InChI is InChI=1S/C12H20N2O2/c1-3-8-14-9(2)10(15)13-12(11(14)16)6-4-5-7-12/h9H,3-8H2,1-2H3,(H,13,15). The van der Waals surface area contributed by atoms with Gasteiger partial charge in [0.05, 0.1) is 0 Å². The molecule has 2 amide bonds. The number of rotatable bonds is 2. The molecule has 0 aromatic rings. The lowest BCUT2D eigenvalue weighted by atomic mass is 9.91. The smallest absolute Gasteiger partial charge is 0.248 e. The van der Waals surface area contributed by atoms with Gasteiger partial charge in [-0.1, -0.05) is 19.8 Å². The van der Waals surface area contributed by atoms with E-state index in [1.165, 1.54) is 0 Å². The van der Waals surface area contributed by atoms with E-state index >= 15 is 0 Å². The summed E-state index contributed by atoms with van der Waals surface area (Å²) in [5.41, 5.74) is -0.557. The fraction of sp³-hybridized carbons (Fsp3) is 0.833. The van der Waals surface area contributed by atoms with Crippen LogP contribution in [0.5, 0.6) is 0 Å². The second-order valence-corrected chi connectivity index (χ2v) is 4.95. The van der Waals surface area contributed by atoms with Crippen molar-refractivity contribution in [1.82, 2.24) is 10.2 Å². The number of carbonyl (C=O) groups excluding carboxylic acids is 2.